The number of carbonyl (C=O) groups is 1. The smallest absolute Gasteiger partial charge is 0.274 e. The Hall–Kier alpha value is -2.18. The minimum Gasteiger partial charge on any atom is -0.321 e. The van der Waals surface area contributed by atoms with E-state index in [0.29, 0.717) is 5.69 Å². The molecule has 5 nitrogen and oxygen atoms in total. The first-order chi connectivity index (χ1) is 11.7. The van der Waals surface area contributed by atoms with E-state index in [1.54, 1.807) is 11.3 Å². The van der Waals surface area contributed by atoms with Gasteiger partial charge >= 0.3 is 0 Å². The molecule has 1 amide bonds. The van der Waals surface area contributed by atoms with Crippen LogP contribution in [0.4, 0.5) is 5.69 Å². The Morgan fingerprint density at radius 1 is 1.42 bits per heavy atom. The zero-order chi connectivity index (χ0) is 16.7. The third kappa shape index (κ3) is 2.61. The van der Waals surface area contributed by atoms with Crippen LogP contribution in [0.2, 0.25) is 0 Å². The highest BCUT2D eigenvalue weighted by Crippen LogP contribution is 2.24. The number of benzene rings is 1. The monoisotopic (exact) mass is 340 g/mol. The van der Waals surface area contributed by atoms with Crippen molar-refractivity contribution in [2.24, 2.45) is 0 Å². The summed E-state index contributed by atoms with van der Waals surface area (Å²) in [5.74, 6) is -0.0916. The molecule has 2 aromatic heterocycles. The van der Waals surface area contributed by atoms with Gasteiger partial charge in [0.2, 0.25) is 0 Å². The zero-order valence-corrected chi connectivity index (χ0v) is 14.7. The molecule has 3 aromatic rings. The molecule has 0 spiro atoms. The van der Waals surface area contributed by atoms with Crippen molar-refractivity contribution < 1.29 is 4.79 Å². The van der Waals surface area contributed by atoms with E-state index in [1.807, 2.05) is 30.5 Å². The molecule has 0 bridgehead atoms. The average Bonchev–Trinajstić information content (AvgIpc) is 3.09. The molecule has 124 valence electrons. The van der Waals surface area contributed by atoms with E-state index in [9.17, 15) is 4.79 Å². The summed E-state index contributed by atoms with van der Waals surface area (Å²) in [5, 5.41) is 6.42. The number of nitrogens with zero attached hydrogens (tertiary/aromatic N) is 2. The summed E-state index contributed by atoms with van der Waals surface area (Å²) < 4.78 is 1.91. The number of fused-ring (bicyclic) bond motifs is 2. The highest BCUT2D eigenvalue weighted by Gasteiger charge is 2.20. The first kappa shape index (κ1) is 15.4. The van der Waals surface area contributed by atoms with Crippen LogP contribution in [0.1, 0.15) is 39.1 Å². The van der Waals surface area contributed by atoms with E-state index in [-0.39, 0.29) is 5.91 Å². The van der Waals surface area contributed by atoms with E-state index in [4.69, 9.17) is 0 Å². The van der Waals surface area contributed by atoms with Crippen LogP contribution in [0.25, 0.3) is 4.96 Å². The van der Waals surface area contributed by atoms with Crippen molar-refractivity contribution >= 4 is 27.9 Å². The maximum Gasteiger partial charge on any atom is 0.274 e. The van der Waals surface area contributed by atoms with Crippen molar-refractivity contribution in [3.63, 3.8) is 0 Å². The van der Waals surface area contributed by atoms with Gasteiger partial charge in [-0.3, -0.25) is 9.20 Å². The van der Waals surface area contributed by atoms with Crippen molar-refractivity contribution in [2.45, 2.75) is 33.2 Å². The number of thiazole rings is 1. The lowest BCUT2D eigenvalue weighted by molar-refractivity contribution is 0.102. The molecule has 0 unspecified atom stereocenters. The molecule has 24 heavy (non-hydrogen) atoms. The van der Waals surface area contributed by atoms with Crippen LogP contribution in [0.5, 0.6) is 0 Å². The Kier molecular flexibility index (Phi) is 3.86. The Balaban J connectivity index is 1.67. The molecule has 0 fully saturated rings. The number of rotatable bonds is 3. The van der Waals surface area contributed by atoms with Crippen LogP contribution in [0.3, 0.4) is 0 Å². The molecule has 1 aromatic carbocycles. The van der Waals surface area contributed by atoms with Gasteiger partial charge in [-0.25, -0.2) is 4.98 Å². The van der Waals surface area contributed by atoms with Crippen LogP contribution in [-0.4, -0.2) is 21.8 Å². The second-order valence-electron chi connectivity index (χ2n) is 6.12. The van der Waals surface area contributed by atoms with E-state index < -0.39 is 0 Å². The summed E-state index contributed by atoms with van der Waals surface area (Å²) in [4.78, 5) is 19.5. The van der Waals surface area contributed by atoms with Gasteiger partial charge in [0.15, 0.2) is 4.96 Å². The predicted octanol–water partition coefficient (Wildman–Crippen LogP) is 3.16. The van der Waals surface area contributed by atoms with Crippen molar-refractivity contribution in [1.29, 1.82) is 0 Å². The Morgan fingerprint density at radius 3 is 3.12 bits per heavy atom. The fourth-order valence-corrected chi connectivity index (χ4v) is 4.08. The molecule has 1 aliphatic heterocycles. The Bertz CT molecular complexity index is 925. The van der Waals surface area contributed by atoms with Gasteiger partial charge in [0.1, 0.15) is 5.69 Å². The van der Waals surface area contributed by atoms with Gasteiger partial charge in [0, 0.05) is 23.3 Å². The van der Waals surface area contributed by atoms with Gasteiger partial charge in [0.25, 0.3) is 5.91 Å². The molecule has 0 saturated carbocycles. The predicted molar refractivity (Wildman–Crippen MR) is 97.0 cm³/mol. The minimum absolute atomic E-state index is 0.0916. The quantitative estimate of drug-likeness (QED) is 0.770. The van der Waals surface area contributed by atoms with Crippen LogP contribution in [-0.2, 0) is 19.4 Å². The average molecular weight is 340 g/mol. The fourth-order valence-electron chi connectivity index (χ4n) is 3.23. The molecule has 0 radical (unpaired) electrons. The molecular weight excluding hydrogens is 320 g/mol. The molecule has 0 aliphatic carbocycles. The number of hydrogen-bond donors (Lipinski definition) is 2. The maximum absolute atomic E-state index is 12.9. The van der Waals surface area contributed by atoms with E-state index in [0.717, 1.165) is 47.2 Å². The largest absolute Gasteiger partial charge is 0.321 e. The van der Waals surface area contributed by atoms with Crippen LogP contribution in [0.15, 0.2) is 24.4 Å². The van der Waals surface area contributed by atoms with Crippen LogP contribution in [0, 0.1) is 6.92 Å². The third-order valence-electron chi connectivity index (χ3n) is 4.41. The topological polar surface area (TPSA) is 58.4 Å². The molecule has 2 N–H and O–H groups in total. The van der Waals surface area contributed by atoms with Crippen LogP contribution >= 0.6 is 11.3 Å². The Morgan fingerprint density at radius 2 is 2.29 bits per heavy atom. The molecule has 0 atom stereocenters. The van der Waals surface area contributed by atoms with Gasteiger partial charge in [0.05, 0.1) is 5.69 Å². The molecule has 6 heteroatoms. The molecule has 3 heterocycles. The van der Waals surface area contributed by atoms with E-state index in [1.165, 1.54) is 11.1 Å². The first-order valence-electron chi connectivity index (χ1n) is 8.27. The van der Waals surface area contributed by atoms with E-state index in [2.05, 4.69) is 27.8 Å². The Labute approximate surface area is 144 Å². The maximum atomic E-state index is 12.9. The molecule has 0 saturated heterocycles. The number of aryl methyl sites for hydroxylation is 2. The van der Waals surface area contributed by atoms with Crippen molar-refractivity contribution in [1.82, 2.24) is 14.7 Å². The highest BCUT2D eigenvalue weighted by molar-refractivity contribution is 7.17. The minimum atomic E-state index is -0.0916. The van der Waals surface area contributed by atoms with Crippen molar-refractivity contribution in [3.05, 3.63) is 51.8 Å². The lowest BCUT2D eigenvalue weighted by Gasteiger charge is -2.18. The molecule has 4 rings (SSSR count). The second kappa shape index (κ2) is 6.03. The van der Waals surface area contributed by atoms with Gasteiger partial charge < -0.3 is 10.6 Å². The normalized spacial score (nSPS) is 13.9. The summed E-state index contributed by atoms with van der Waals surface area (Å²) >= 11 is 1.61. The number of amides is 1. The fraction of sp³-hybridized carbons (Fsp3) is 0.333. The molecular formula is C18H20N4OS. The van der Waals surface area contributed by atoms with Gasteiger partial charge in [-0.1, -0.05) is 13.0 Å². The lowest BCUT2D eigenvalue weighted by atomic mass is 10.0. The lowest BCUT2D eigenvalue weighted by Crippen LogP contribution is -2.24. The van der Waals surface area contributed by atoms with E-state index >= 15 is 0 Å². The second-order valence-corrected chi connectivity index (χ2v) is 7.33. The first-order valence-corrected chi connectivity index (χ1v) is 9.08. The summed E-state index contributed by atoms with van der Waals surface area (Å²) in [5.41, 5.74) is 4.97. The SMILES string of the molecule is CCc1nc2sc(C)cn2c1C(=O)Nc1ccc2c(c1)CCNC2. The third-order valence-corrected chi connectivity index (χ3v) is 5.31. The standard InChI is InChI=1S/C18H20N4OS/c1-3-15-16(22-10-11(2)24-18(22)21-15)17(23)20-14-5-4-13-9-19-7-6-12(13)8-14/h4-5,8,10,19H,3,6-7,9H2,1-2H3,(H,20,23). The number of imidazole rings is 1. The van der Waals surface area contributed by atoms with Crippen molar-refractivity contribution in [3.8, 4) is 0 Å². The molecule has 1 aliphatic rings. The number of aromatic nitrogens is 2. The number of hydrogen-bond acceptors (Lipinski definition) is 4. The highest BCUT2D eigenvalue weighted by atomic mass is 32.1. The zero-order valence-electron chi connectivity index (χ0n) is 13.8. The summed E-state index contributed by atoms with van der Waals surface area (Å²) in [6.07, 6.45) is 3.73. The van der Waals surface area contributed by atoms with Gasteiger partial charge in [-0.15, -0.1) is 11.3 Å². The number of anilines is 1. The number of carbonyl (C=O) groups excluding carboxylic acids is 1. The van der Waals surface area contributed by atoms with Crippen molar-refractivity contribution in [2.75, 3.05) is 11.9 Å². The summed E-state index contributed by atoms with van der Waals surface area (Å²) in [6.45, 7) is 5.95. The van der Waals surface area contributed by atoms with Crippen LogP contribution < -0.4 is 10.6 Å². The van der Waals surface area contributed by atoms with Gasteiger partial charge in [-0.2, -0.15) is 0 Å². The van der Waals surface area contributed by atoms with Gasteiger partial charge in [-0.05, 0) is 49.6 Å². The summed E-state index contributed by atoms with van der Waals surface area (Å²) in [7, 11) is 0. The summed E-state index contributed by atoms with van der Waals surface area (Å²) in [6, 6.07) is 6.17. The number of nitrogens with one attached hydrogen (secondary N) is 2.